The number of hydrogen-bond donors (Lipinski definition) is 1. The van der Waals surface area contributed by atoms with Crippen LogP contribution in [0.25, 0.3) is 0 Å². The summed E-state index contributed by atoms with van der Waals surface area (Å²) in [5, 5.41) is 12.1. The van der Waals surface area contributed by atoms with Gasteiger partial charge in [0.25, 0.3) is 17.5 Å². The van der Waals surface area contributed by atoms with Crippen LogP contribution in [0.2, 0.25) is 0 Å². The first-order chi connectivity index (χ1) is 24.9. The topological polar surface area (TPSA) is 173 Å². The van der Waals surface area contributed by atoms with Gasteiger partial charge in [-0.2, -0.15) is 0 Å². The molecule has 2 saturated carbocycles. The van der Waals surface area contributed by atoms with Crippen LogP contribution in [-0.4, -0.2) is 91.7 Å². The second-order valence-electron chi connectivity index (χ2n) is 14.9. The van der Waals surface area contributed by atoms with Gasteiger partial charge in [-0.15, -0.1) is 0 Å². The Kier molecular flexibility index (Phi) is 10.7. The molecule has 0 radical (unpaired) electrons. The van der Waals surface area contributed by atoms with E-state index in [1.807, 2.05) is 4.90 Å². The van der Waals surface area contributed by atoms with Crippen LogP contribution in [0, 0.1) is 20.9 Å². The molecule has 52 heavy (non-hydrogen) atoms. The van der Waals surface area contributed by atoms with Gasteiger partial charge >= 0.3 is 5.97 Å². The molecule has 2 aliphatic heterocycles. The largest absolute Gasteiger partial charge is 0.493 e. The van der Waals surface area contributed by atoms with Crippen LogP contribution in [0.15, 0.2) is 24.3 Å². The number of ether oxygens (including phenoxy) is 5. The lowest BCUT2D eigenvalue weighted by atomic mass is 10.0. The monoisotopic (exact) mass is 722 g/mol. The van der Waals surface area contributed by atoms with E-state index in [9.17, 15) is 24.5 Å². The number of carbonyl (C=O) groups excluding carboxylic acids is 3. The van der Waals surface area contributed by atoms with Crippen molar-refractivity contribution >= 4 is 29.2 Å². The molecule has 14 nitrogen and oxygen atoms in total. The lowest BCUT2D eigenvalue weighted by Gasteiger charge is -2.25. The third-order valence-corrected chi connectivity index (χ3v) is 11.2. The Morgan fingerprint density at radius 1 is 0.808 bits per heavy atom. The molecule has 2 saturated heterocycles. The van der Waals surface area contributed by atoms with Crippen molar-refractivity contribution in [3.8, 4) is 23.0 Å². The van der Waals surface area contributed by atoms with Gasteiger partial charge < -0.3 is 39.2 Å². The maximum absolute atomic E-state index is 13.7. The number of carbonyl (C=O) groups is 3. The Morgan fingerprint density at radius 2 is 1.33 bits per heavy atom. The van der Waals surface area contributed by atoms with Crippen molar-refractivity contribution < 1.29 is 43.0 Å². The van der Waals surface area contributed by atoms with Gasteiger partial charge in [0, 0.05) is 43.9 Å². The van der Waals surface area contributed by atoms with Crippen LogP contribution in [-0.2, 0) is 9.53 Å². The fourth-order valence-corrected chi connectivity index (χ4v) is 7.84. The molecular formula is C38H50N4O10. The number of amides is 2. The molecule has 282 valence electrons. The second-order valence-corrected chi connectivity index (χ2v) is 14.9. The van der Waals surface area contributed by atoms with Crippen molar-refractivity contribution in [1.82, 2.24) is 9.80 Å². The van der Waals surface area contributed by atoms with E-state index >= 15 is 0 Å². The molecule has 14 heteroatoms. The second kappa shape index (κ2) is 15.1. The molecule has 2 aliphatic carbocycles. The minimum Gasteiger partial charge on any atom is -0.493 e. The van der Waals surface area contributed by atoms with E-state index in [2.05, 4.69) is 6.92 Å². The van der Waals surface area contributed by atoms with Gasteiger partial charge in [0.15, 0.2) is 23.0 Å². The van der Waals surface area contributed by atoms with E-state index in [4.69, 9.17) is 29.4 Å². The Labute approximate surface area is 304 Å². The molecule has 4 fully saturated rings. The summed E-state index contributed by atoms with van der Waals surface area (Å²) < 4.78 is 28.2. The number of nitrogen functional groups attached to an aromatic ring is 1. The molecule has 2 N–H and O–H groups in total. The number of unbranched alkanes of at least 4 members (excludes halogenated alkanes) is 2. The Hall–Kier alpha value is -4.75. The zero-order valence-corrected chi connectivity index (χ0v) is 30.6. The van der Waals surface area contributed by atoms with Crippen molar-refractivity contribution in [3.05, 3.63) is 45.5 Å². The number of nitro benzene ring substituents is 1. The van der Waals surface area contributed by atoms with Crippen molar-refractivity contribution in [2.45, 2.75) is 90.1 Å². The summed E-state index contributed by atoms with van der Waals surface area (Å²) >= 11 is 0. The fraction of sp³-hybridized carbons (Fsp3) is 0.605. The summed E-state index contributed by atoms with van der Waals surface area (Å²) in [7, 11) is 2.95. The van der Waals surface area contributed by atoms with E-state index in [-0.39, 0.29) is 59.4 Å². The number of anilines is 1. The highest BCUT2D eigenvalue weighted by atomic mass is 16.6. The summed E-state index contributed by atoms with van der Waals surface area (Å²) in [4.78, 5) is 53.8. The SMILES string of the molecule is CC[C@@H]1CC2(CC2)CN1C(=O)c1cc(OC)c(OCCCCCOc2cc([N+](=O)[O-])c(C(=O)N3CC4(CC4)C[C@H]3COC(C)=O)cc2OC)cc1N. The zero-order chi connectivity index (χ0) is 37.2. The minimum atomic E-state index is -0.595. The van der Waals surface area contributed by atoms with E-state index in [1.54, 1.807) is 17.0 Å². The first-order valence-corrected chi connectivity index (χ1v) is 18.3. The number of benzene rings is 2. The number of rotatable bonds is 16. The van der Waals surface area contributed by atoms with Crippen LogP contribution in [0.4, 0.5) is 11.4 Å². The summed E-state index contributed by atoms with van der Waals surface area (Å²) in [6, 6.07) is 5.80. The fourth-order valence-electron chi connectivity index (χ4n) is 7.84. The summed E-state index contributed by atoms with van der Waals surface area (Å²) in [6.45, 7) is 5.35. The highest BCUT2D eigenvalue weighted by Gasteiger charge is 2.54. The number of nitrogens with two attached hydrogens (primary N) is 1. The van der Waals surface area contributed by atoms with Crippen LogP contribution >= 0.6 is 0 Å². The molecule has 2 heterocycles. The van der Waals surface area contributed by atoms with Crippen LogP contribution in [0.5, 0.6) is 23.0 Å². The van der Waals surface area contributed by atoms with E-state index in [0.717, 1.165) is 38.6 Å². The smallest absolute Gasteiger partial charge is 0.302 e. The summed E-state index contributed by atoms with van der Waals surface area (Å²) in [5.41, 5.74) is 6.96. The molecule has 2 amide bonds. The molecule has 0 unspecified atom stereocenters. The molecular weight excluding hydrogens is 672 g/mol. The van der Waals surface area contributed by atoms with Crippen LogP contribution in [0.1, 0.15) is 98.8 Å². The third-order valence-electron chi connectivity index (χ3n) is 11.2. The molecule has 4 aliphatic rings. The predicted molar refractivity (Wildman–Crippen MR) is 191 cm³/mol. The van der Waals surface area contributed by atoms with E-state index < -0.39 is 16.8 Å². The predicted octanol–water partition coefficient (Wildman–Crippen LogP) is 5.78. The normalized spacial score (nSPS) is 20.5. The molecule has 6 rings (SSSR count). The molecule has 2 atom stereocenters. The number of methoxy groups -OCH3 is 2. The van der Waals surface area contributed by atoms with Gasteiger partial charge in [0.2, 0.25) is 0 Å². The Balaban J connectivity index is 1.02. The molecule has 2 aromatic carbocycles. The van der Waals surface area contributed by atoms with Gasteiger partial charge in [0.05, 0.1) is 50.0 Å². The van der Waals surface area contributed by atoms with Crippen molar-refractivity contribution in [2.75, 3.05) is 52.9 Å². The highest BCUT2D eigenvalue weighted by molar-refractivity contribution is 6.01. The van der Waals surface area contributed by atoms with Gasteiger partial charge in [0.1, 0.15) is 12.2 Å². The average molecular weight is 723 g/mol. The maximum Gasteiger partial charge on any atom is 0.302 e. The minimum absolute atomic E-state index is 0.0108. The first kappa shape index (κ1) is 37.0. The first-order valence-electron chi connectivity index (χ1n) is 18.3. The maximum atomic E-state index is 13.7. The third kappa shape index (κ3) is 7.85. The number of likely N-dealkylation sites (tertiary alicyclic amines) is 2. The van der Waals surface area contributed by atoms with Gasteiger partial charge in [-0.25, -0.2) is 0 Å². The van der Waals surface area contributed by atoms with E-state index in [0.29, 0.717) is 60.6 Å². The van der Waals surface area contributed by atoms with Crippen LogP contribution < -0.4 is 24.7 Å². The van der Waals surface area contributed by atoms with Crippen molar-refractivity contribution in [2.24, 2.45) is 10.8 Å². The van der Waals surface area contributed by atoms with Crippen molar-refractivity contribution in [1.29, 1.82) is 0 Å². The number of nitrogens with zero attached hydrogens (tertiary/aromatic N) is 3. The Morgan fingerprint density at radius 3 is 1.85 bits per heavy atom. The average Bonchev–Trinajstić information content (AvgIpc) is 3.99. The zero-order valence-electron chi connectivity index (χ0n) is 30.6. The lowest BCUT2D eigenvalue weighted by Crippen LogP contribution is -2.39. The van der Waals surface area contributed by atoms with Gasteiger partial charge in [-0.3, -0.25) is 24.5 Å². The lowest BCUT2D eigenvalue weighted by molar-refractivity contribution is -0.385. The van der Waals surface area contributed by atoms with Crippen LogP contribution in [0.3, 0.4) is 0 Å². The van der Waals surface area contributed by atoms with Gasteiger partial charge in [-0.1, -0.05) is 6.92 Å². The number of nitro groups is 1. The molecule has 2 spiro atoms. The highest BCUT2D eigenvalue weighted by Crippen LogP contribution is 2.56. The Bertz CT molecular complexity index is 1700. The quantitative estimate of drug-likeness (QED) is 0.0731. The number of hydrogen-bond acceptors (Lipinski definition) is 11. The molecule has 0 bridgehead atoms. The summed E-state index contributed by atoms with van der Waals surface area (Å²) in [6.07, 6.45) is 8.98. The standard InChI is InChI=1S/C38H50N4O10/c1-5-25-19-37(9-10-37)22-40(25)35(44)27-15-31(48-3)33(17-29(27)39)50-13-7-6-8-14-51-34-18-30(42(46)47)28(16-32(34)49-4)36(45)41-23-38(11-12-38)20-26(41)21-52-24(2)43/h15-18,25-26H,5-14,19-23,39H2,1-4H3/t25-,26+/m1/s1. The molecule has 0 aromatic heterocycles. The van der Waals surface area contributed by atoms with Crippen molar-refractivity contribution in [3.63, 3.8) is 0 Å². The summed E-state index contributed by atoms with van der Waals surface area (Å²) in [5.74, 6) is 0.281. The van der Waals surface area contributed by atoms with Gasteiger partial charge in [-0.05, 0) is 81.1 Å². The number of esters is 1. The molecule has 2 aromatic rings. The van der Waals surface area contributed by atoms with E-state index in [1.165, 1.54) is 46.1 Å².